The van der Waals surface area contributed by atoms with E-state index in [4.69, 9.17) is 26.2 Å². The van der Waals surface area contributed by atoms with Crippen molar-refractivity contribution in [1.29, 1.82) is 0 Å². The number of nitrogens with one attached hydrogen (secondary N) is 1. The molecule has 1 amide bonds. The molecule has 0 atom stereocenters. The number of fused-ring (bicyclic) bond motifs is 2. The summed E-state index contributed by atoms with van der Waals surface area (Å²) in [6.45, 7) is 1.17. The summed E-state index contributed by atoms with van der Waals surface area (Å²) >= 11 is 0. The van der Waals surface area contributed by atoms with Gasteiger partial charge in [-0.15, -0.1) is 0 Å². The van der Waals surface area contributed by atoms with Crippen molar-refractivity contribution in [3.63, 3.8) is 0 Å². The summed E-state index contributed by atoms with van der Waals surface area (Å²) in [4.78, 5) is 21.5. The lowest BCUT2D eigenvalue weighted by molar-refractivity contribution is 0.100. The second kappa shape index (κ2) is 9.38. The number of nitrogens with two attached hydrogens (primary N) is 2. The monoisotopic (exact) mass is 472 g/mol. The van der Waals surface area contributed by atoms with E-state index in [0.29, 0.717) is 52.7 Å². The fraction of sp³-hybridized carbons (Fsp3) is 0.208. The van der Waals surface area contributed by atoms with E-state index in [1.165, 1.54) is 0 Å². The summed E-state index contributed by atoms with van der Waals surface area (Å²) in [5, 5.41) is 23.0. The van der Waals surface area contributed by atoms with Crippen molar-refractivity contribution in [1.82, 2.24) is 14.5 Å². The second-order valence-corrected chi connectivity index (χ2v) is 8.36. The molecule has 0 radical (unpaired) electrons. The molecule has 10 nitrogen and oxygen atoms in total. The van der Waals surface area contributed by atoms with Crippen LogP contribution in [-0.4, -0.2) is 44.2 Å². The van der Waals surface area contributed by atoms with Crippen LogP contribution in [0.3, 0.4) is 0 Å². The highest BCUT2D eigenvalue weighted by molar-refractivity contribution is 6.58. The Morgan fingerprint density at radius 1 is 1.17 bits per heavy atom. The van der Waals surface area contributed by atoms with Crippen molar-refractivity contribution in [2.24, 2.45) is 11.5 Å². The number of primary amides is 1. The summed E-state index contributed by atoms with van der Waals surface area (Å²) in [5.74, 6) is 0.961. The molecule has 0 unspecified atom stereocenters. The molecule has 0 saturated carbocycles. The minimum Gasteiger partial charge on any atom is -0.477 e. The number of carbonyl (C=O) groups excluding carboxylic acids is 1. The Hall–Kier alpha value is -3.93. The van der Waals surface area contributed by atoms with Crippen LogP contribution in [0.4, 0.5) is 5.82 Å². The molecular formula is C24H25BN6O4. The van der Waals surface area contributed by atoms with Crippen LogP contribution < -0.4 is 27.0 Å². The van der Waals surface area contributed by atoms with Gasteiger partial charge in [-0.05, 0) is 42.1 Å². The van der Waals surface area contributed by atoms with Gasteiger partial charge in [-0.25, -0.2) is 0 Å². The first-order valence-electron chi connectivity index (χ1n) is 11.3. The van der Waals surface area contributed by atoms with Crippen LogP contribution in [-0.2, 0) is 19.5 Å². The van der Waals surface area contributed by atoms with Crippen LogP contribution in [0.15, 0.2) is 48.5 Å². The molecule has 1 aliphatic heterocycles. The number of amides is 1. The highest BCUT2D eigenvalue weighted by atomic mass is 16.5. The average Bonchev–Trinajstić information content (AvgIpc) is 3.26. The number of hydrogen-bond acceptors (Lipinski definition) is 8. The molecule has 11 heteroatoms. The number of hydrogen-bond donors (Lipinski definition) is 5. The van der Waals surface area contributed by atoms with Gasteiger partial charge in [0.25, 0.3) is 0 Å². The fourth-order valence-electron chi connectivity index (χ4n) is 4.40. The first-order chi connectivity index (χ1) is 17.0. The molecule has 4 aromatic rings. The van der Waals surface area contributed by atoms with Gasteiger partial charge in [-0.2, -0.15) is 9.97 Å². The molecule has 0 saturated heterocycles. The molecule has 178 valence electrons. The summed E-state index contributed by atoms with van der Waals surface area (Å²) in [6.07, 6.45) is 1.61. The molecule has 2 aromatic carbocycles. The zero-order valence-corrected chi connectivity index (χ0v) is 18.9. The van der Waals surface area contributed by atoms with E-state index in [9.17, 15) is 14.8 Å². The van der Waals surface area contributed by atoms with Crippen molar-refractivity contribution >= 4 is 35.2 Å². The minimum absolute atomic E-state index is 0.202. The summed E-state index contributed by atoms with van der Waals surface area (Å²) in [5.41, 5.74) is 15.6. The van der Waals surface area contributed by atoms with Crippen molar-refractivity contribution in [3.8, 4) is 11.8 Å². The van der Waals surface area contributed by atoms with Gasteiger partial charge in [0.05, 0.1) is 17.7 Å². The van der Waals surface area contributed by atoms with E-state index in [-0.39, 0.29) is 6.54 Å². The number of anilines is 1. The van der Waals surface area contributed by atoms with Crippen molar-refractivity contribution in [2.75, 3.05) is 11.9 Å². The van der Waals surface area contributed by atoms with Crippen molar-refractivity contribution in [2.45, 2.75) is 25.9 Å². The third-order valence-electron chi connectivity index (χ3n) is 6.07. The maximum absolute atomic E-state index is 12.0. The largest absolute Gasteiger partial charge is 0.488 e. The van der Waals surface area contributed by atoms with Gasteiger partial charge in [-0.1, -0.05) is 30.3 Å². The highest BCUT2D eigenvalue weighted by Crippen LogP contribution is 2.32. The predicted octanol–water partition coefficient (Wildman–Crippen LogP) is 0.595. The fourth-order valence-corrected chi connectivity index (χ4v) is 4.40. The number of carbonyl (C=O) groups is 1. The van der Waals surface area contributed by atoms with E-state index in [2.05, 4.69) is 5.32 Å². The zero-order valence-electron chi connectivity index (χ0n) is 18.9. The molecule has 7 N–H and O–H groups in total. The Morgan fingerprint density at radius 2 is 2.00 bits per heavy atom. The lowest BCUT2D eigenvalue weighted by Crippen LogP contribution is -2.30. The van der Waals surface area contributed by atoms with Gasteiger partial charge in [0.15, 0.2) is 0 Å². The molecule has 0 aliphatic carbocycles. The quantitative estimate of drug-likeness (QED) is 0.244. The predicted molar refractivity (Wildman–Crippen MR) is 133 cm³/mol. The molecule has 2 aromatic heterocycles. The molecule has 5 rings (SSSR count). The summed E-state index contributed by atoms with van der Waals surface area (Å²) in [6, 6.07) is 14.2. The third-order valence-corrected chi connectivity index (χ3v) is 6.07. The van der Waals surface area contributed by atoms with Gasteiger partial charge in [0.2, 0.25) is 17.7 Å². The number of benzene rings is 2. The third kappa shape index (κ3) is 4.32. The van der Waals surface area contributed by atoms with E-state index in [0.717, 1.165) is 29.7 Å². The van der Waals surface area contributed by atoms with E-state index in [1.54, 1.807) is 30.3 Å². The summed E-state index contributed by atoms with van der Waals surface area (Å²) in [7, 11) is -1.54. The molecule has 0 fully saturated rings. The normalized spacial score (nSPS) is 12.8. The number of rotatable bonds is 7. The maximum atomic E-state index is 12.0. The summed E-state index contributed by atoms with van der Waals surface area (Å²) < 4.78 is 7.69. The Labute approximate surface area is 201 Å². The van der Waals surface area contributed by atoms with Crippen LogP contribution in [0.2, 0.25) is 0 Å². The van der Waals surface area contributed by atoms with Crippen molar-refractivity contribution in [3.05, 3.63) is 70.9 Å². The van der Waals surface area contributed by atoms with Gasteiger partial charge >= 0.3 is 7.12 Å². The van der Waals surface area contributed by atoms with E-state index < -0.39 is 13.0 Å². The van der Waals surface area contributed by atoms with Gasteiger partial charge in [0, 0.05) is 29.7 Å². The number of ether oxygens (including phenoxy) is 1. The lowest BCUT2D eigenvalue weighted by Gasteiger charge is -2.21. The number of nitrogens with zero attached hydrogens (tertiary/aromatic N) is 3. The first-order valence-corrected chi connectivity index (χ1v) is 11.3. The Bertz CT molecular complexity index is 1420. The molecule has 3 heterocycles. The van der Waals surface area contributed by atoms with Crippen LogP contribution in [0.25, 0.3) is 16.9 Å². The van der Waals surface area contributed by atoms with E-state index in [1.807, 2.05) is 22.8 Å². The molecular weight excluding hydrogens is 447 g/mol. The smallest absolute Gasteiger partial charge is 0.477 e. The van der Waals surface area contributed by atoms with Gasteiger partial charge < -0.3 is 31.6 Å². The van der Waals surface area contributed by atoms with Crippen LogP contribution >= 0.6 is 0 Å². The zero-order chi connectivity index (χ0) is 24.5. The van der Waals surface area contributed by atoms with Crippen LogP contribution in [0.5, 0.6) is 5.88 Å². The second-order valence-electron chi connectivity index (χ2n) is 8.36. The standard InChI is InChI=1S/C24H25BN6O4/c26-12-16-11-19-17(21(27)32)6-2-8-20(19)31(16)24-29-22(18-7-3-9-35-23(18)30-24)28-13-14-4-1-5-15(10-14)25(33)34/h1-2,4-6,8,10-11,33-34H,3,7,9,12-13,26H2,(H2,27,32)(H,28,29,30). The van der Waals surface area contributed by atoms with Crippen molar-refractivity contribution < 1.29 is 19.6 Å². The molecule has 35 heavy (non-hydrogen) atoms. The molecule has 1 aliphatic rings. The Balaban J connectivity index is 1.59. The highest BCUT2D eigenvalue weighted by Gasteiger charge is 2.23. The van der Waals surface area contributed by atoms with E-state index >= 15 is 0 Å². The number of aromatic nitrogens is 3. The average molecular weight is 472 g/mol. The SMILES string of the molecule is NCc1cc2c(C(N)=O)cccc2n1-c1nc(NCc2cccc(B(O)O)c2)c2c(n1)OCCC2. The maximum Gasteiger partial charge on any atom is 0.488 e. The Kier molecular flexibility index (Phi) is 6.12. The topological polar surface area (TPSA) is 162 Å². The first kappa shape index (κ1) is 22.8. The Morgan fingerprint density at radius 3 is 2.77 bits per heavy atom. The van der Waals surface area contributed by atoms with Crippen LogP contribution in [0.1, 0.15) is 33.6 Å². The molecule has 0 bridgehead atoms. The van der Waals surface area contributed by atoms with Crippen LogP contribution in [0, 0.1) is 0 Å². The lowest BCUT2D eigenvalue weighted by atomic mass is 9.79. The van der Waals surface area contributed by atoms with Gasteiger partial charge in [-0.3, -0.25) is 9.36 Å². The molecule has 0 spiro atoms. The van der Waals surface area contributed by atoms with Gasteiger partial charge in [0.1, 0.15) is 5.82 Å². The minimum atomic E-state index is -1.54.